The number of carbonyl (C=O) groups excluding carboxylic acids is 2. The summed E-state index contributed by atoms with van der Waals surface area (Å²) in [6.07, 6.45) is -0.814. The summed E-state index contributed by atoms with van der Waals surface area (Å²) in [7, 11) is 3.38. The zero-order valence-corrected chi connectivity index (χ0v) is 18.4. The van der Waals surface area contributed by atoms with Crippen molar-refractivity contribution in [3.63, 3.8) is 0 Å². The molecular weight excluding hydrogens is 436 g/mol. The third-order valence-electron chi connectivity index (χ3n) is 2.74. The molecule has 2 unspecified atom stereocenters. The van der Waals surface area contributed by atoms with Crippen molar-refractivity contribution < 1.29 is 94.5 Å². The molecule has 2 amide bonds. The second-order valence-corrected chi connectivity index (χ2v) is 4.62. The van der Waals surface area contributed by atoms with Crippen LogP contribution in [0.4, 0.5) is 9.59 Å². The topological polar surface area (TPSA) is 97.5 Å². The van der Waals surface area contributed by atoms with Crippen LogP contribution in [-0.4, -0.2) is 79.6 Å². The van der Waals surface area contributed by atoms with Crippen LogP contribution in [0.1, 0.15) is 42.5 Å². The number of likely N-dealkylation sites (N-methyl/N-ethyl adjacent to an activating group) is 2. The first kappa shape index (κ1) is 42.8. The van der Waals surface area contributed by atoms with Gasteiger partial charge >= 0.3 is 12.2 Å². The standard InChI is InChI=1S/C6H8N2O2S.C5H10N2O2.2C2H6.2CH4.2Ar/c1-8-3-5(2-7-4-11)10-6(8)9;1-7-3-4(2-6)9-5(7)8;2*1-2;;;;/h5H,2-3H2,1H3;4H,2-3,6H2,1H3;2*1-2H3;2*1H4;;. The number of ether oxygens (including phenoxy) is 2. The summed E-state index contributed by atoms with van der Waals surface area (Å²) in [5.41, 5.74) is 5.25. The largest absolute Gasteiger partial charge is 0.443 e. The molecule has 0 aromatic rings. The first-order valence-corrected chi connectivity index (χ1v) is 8.46. The van der Waals surface area contributed by atoms with Crippen molar-refractivity contribution in [2.24, 2.45) is 10.7 Å². The van der Waals surface area contributed by atoms with Gasteiger partial charge in [-0.25, -0.2) is 14.6 Å². The monoisotopic (exact) mass is 474 g/mol. The normalized spacial score (nSPS) is 18.0. The van der Waals surface area contributed by atoms with Crippen LogP contribution in [0.2, 0.25) is 0 Å². The molecular formula is C17H38Ar2N4O4S. The first-order valence-electron chi connectivity index (χ1n) is 8.05. The van der Waals surface area contributed by atoms with Crippen molar-refractivity contribution in [1.29, 1.82) is 0 Å². The molecule has 11 heteroatoms. The number of nitrogens with zero attached hydrogens (tertiary/aromatic N) is 3. The fraction of sp³-hybridized carbons (Fsp3) is 0.824. The molecule has 172 valence electrons. The Morgan fingerprint density at radius 1 is 1.00 bits per heavy atom. The molecule has 28 heavy (non-hydrogen) atoms. The Kier molecular flexibility index (Phi) is 42.6. The van der Waals surface area contributed by atoms with Crippen LogP contribution in [-0.2, 0) is 9.47 Å². The molecule has 0 spiro atoms. The summed E-state index contributed by atoms with van der Waals surface area (Å²) in [5, 5.41) is 2.22. The summed E-state index contributed by atoms with van der Waals surface area (Å²) in [6.45, 7) is 10.0. The van der Waals surface area contributed by atoms with E-state index in [0.29, 0.717) is 26.2 Å². The predicted octanol–water partition coefficient (Wildman–Crippen LogP) is 3.26. The molecule has 0 aromatic carbocycles. The minimum absolute atomic E-state index is 0. The van der Waals surface area contributed by atoms with E-state index >= 15 is 0 Å². The fourth-order valence-electron chi connectivity index (χ4n) is 1.66. The second kappa shape index (κ2) is 27.8. The molecule has 0 radical (unpaired) electrons. The Balaban J connectivity index is -0.0000000659. The average molecular weight is 474 g/mol. The molecule has 0 aliphatic carbocycles. The number of hydrogen-bond donors (Lipinski definition) is 1. The Labute approximate surface area is 236 Å². The summed E-state index contributed by atoms with van der Waals surface area (Å²) in [6, 6.07) is 0. The van der Waals surface area contributed by atoms with E-state index in [1.54, 1.807) is 14.1 Å². The number of thiocarbonyl (C=S) groups is 1. The third kappa shape index (κ3) is 18.8. The maximum Gasteiger partial charge on any atom is 0.410 e. The fourth-order valence-corrected chi connectivity index (χ4v) is 1.73. The number of hydrogen-bond acceptors (Lipinski definition) is 7. The second-order valence-electron chi connectivity index (χ2n) is 4.44. The van der Waals surface area contributed by atoms with Gasteiger partial charge in [0.1, 0.15) is 12.2 Å². The Hall–Kier alpha value is 0.819. The number of cyclic esters (lactones) is 2. The molecule has 2 rings (SSSR count). The first-order chi connectivity index (χ1) is 11.5. The van der Waals surface area contributed by atoms with Gasteiger partial charge in [-0.05, 0) is 12.2 Å². The predicted molar refractivity (Wildman–Crippen MR) is 111 cm³/mol. The molecule has 0 aromatic heterocycles. The van der Waals surface area contributed by atoms with Gasteiger partial charge in [-0.15, -0.1) is 0 Å². The van der Waals surface area contributed by atoms with E-state index in [1.165, 1.54) is 9.80 Å². The van der Waals surface area contributed by atoms with Crippen LogP contribution in [0, 0.1) is 75.5 Å². The number of isothiocyanates is 1. The van der Waals surface area contributed by atoms with Gasteiger partial charge in [-0.3, -0.25) is 0 Å². The third-order valence-corrected chi connectivity index (χ3v) is 2.86. The Bertz CT molecular complexity index is 426. The van der Waals surface area contributed by atoms with Gasteiger partial charge in [0.15, 0.2) is 0 Å². The number of aliphatic imine (C=N–C) groups is 1. The SMILES string of the molecule is C.C.CC.CC.CN1CC(CN)OC1=O.CN1CC(CN=C=S)OC1=O.[Ar].[Ar]. The molecule has 0 bridgehead atoms. The average Bonchev–Trinajstić information content (AvgIpc) is 3.11. The molecule has 2 aliphatic heterocycles. The van der Waals surface area contributed by atoms with Crippen molar-refractivity contribution in [3.05, 3.63) is 0 Å². The van der Waals surface area contributed by atoms with E-state index in [4.69, 9.17) is 15.2 Å². The van der Waals surface area contributed by atoms with Crippen LogP contribution < -0.4 is 5.73 Å². The van der Waals surface area contributed by atoms with E-state index in [1.807, 2.05) is 27.7 Å². The number of carbonyl (C=O) groups is 2. The minimum Gasteiger partial charge on any atom is -0.443 e. The number of nitrogens with two attached hydrogens (primary N) is 1. The zero-order chi connectivity index (χ0) is 19.1. The van der Waals surface area contributed by atoms with Crippen molar-refractivity contribution in [1.82, 2.24) is 9.80 Å². The van der Waals surface area contributed by atoms with Crippen LogP contribution in [0.3, 0.4) is 0 Å². The molecule has 2 aliphatic rings. The number of rotatable bonds is 3. The van der Waals surface area contributed by atoms with Gasteiger partial charge < -0.3 is 25.0 Å². The van der Waals surface area contributed by atoms with Crippen LogP contribution in [0.5, 0.6) is 0 Å². The van der Waals surface area contributed by atoms with Crippen molar-refractivity contribution in [2.45, 2.75) is 54.8 Å². The molecule has 8 nitrogen and oxygen atoms in total. The van der Waals surface area contributed by atoms with E-state index < -0.39 is 0 Å². The molecule has 2 atom stereocenters. The number of amides is 2. The van der Waals surface area contributed by atoms with Crippen LogP contribution >= 0.6 is 12.2 Å². The summed E-state index contributed by atoms with van der Waals surface area (Å²) < 4.78 is 9.67. The minimum atomic E-state index is -0.297. The van der Waals surface area contributed by atoms with Gasteiger partial charge in [0, 0.05) is 96.1 Å². The molecule has 2 fully saturated rings. The van der Waals surface area contributed by atoms with E-state index in [0.717, 1.165) is 0 Å². The molecule has 2 heterocycles. The van der Waals surface area contributed by atoms with Crippen molar-refractivity contribution >= 4 is 29.6 Å². The van der Waals surface area contributed by atoms with E-state index in [9.17, 15) is 9.59 Å². The van der Waals surface area contributed by atoms with Crippen LogP contribution in [0.25, 0.3) is 0 Å². The maximum absolute atomic E-state index is 10.8. The molecule has 2 saturated heterocycles. The van der Waals surface area contributed by atoms with Crippen molar-refractivity contribution in [2.75, 3.05) is 40.3 Å². The summed E-state index contributed by atoms with van der Waals surface area (Å²) in [4.78, 5) is 28.1. The molecule has 2 N–H and O–H groups in total. The van der Waals surface area contributed by atoms with Crippen molar-refractivity contribution in [3.8, 4) is 0 Å². The van der Waals surface area contributed by atoms with Crippen LogP contribution in [0.15, 0.2) is 4.99 Å². The van der Waals surface area contributed by atoms with Gasteiger partial charge in [-0.1, -0.05) is 42.5 Å². The zero-order valence-electron chi connectivity index (χ0n) is 16.2. The smallest absolute Gasteiger partial charge is 0.410 e. The molecule has 0 saturated carbocycles. The van der Waals surface area contributed by atoms with E-state index in [-0.39, 0.29) is 115 Å². The Morgan fingerprint density at radius 2 is 1.36 bits per heavy atom. The van der Waals surface area contributed by atoms with Gasteiger partial charge in [0.25, 0.3) is 0 Å². The maximum atomic E-state index is 10.8. The van der Waals surface area contributed by atoms with Gasteiger partial charge in [0.2, 0.25) is 0 Å². The Morgan fingerprint density at radius 3 is 1.57 bits per heavy atom. The summed E-state index contributed by atoms with van der Waals surface area (Å²) in [5.74, 6) is 0. The van der Waals surface area contributed by atoms with E-state index in [2.05, 4.69) is 22.4 Å². The van der Waals surface area contributed by atoms with Gasteiger partial charge in [0.05, 0.1) is 24.8 Å². The van der Waals surface area contributed by atoms with Gasteiger partial charge in [-0.2, -0.15) is 0 Å². The quantitative estimate of drug-likeness (QED) is 0.498. The summed E-state index contributed by atoms with van der Waals surface area (Å²) >= 11 is 4.37.